The van der Waals surface area contributed by atoms with Crippen LogP contribution in [0.2, 0.25) is 0 Å². The SMILES string of the molecule is COc1ccc(NCC(O)CCN2CCC(O)(c3ccccc3)CC2)cc1. The van der Waals surface area contributed by atoms with Crippen LogP contribution in [0.5, 0.6) is 5.75 Å². The van der Waals surface area contributed by atoms with Gasteiger partial charge in [-0.15, -0.1) is 0 Å². The largest absolute Gasteiger partial charge is 0.497 e. The van der Waals surface area contributed by atoms with Crippen LogP contribution in [-0.4, -0.2) is 54.5 Å². The summed E-state index contributed by atoms with van der Waals surface area (Å²) in [7, 11) is 1.65. The molecule has 0 amide bonds. The predicted octanol–water partition coefficient (Wildman–Crippen LogP) is 2.84. The van der Waals surface area contributed by atoms with Gasteiger partial charge in [-0.05, 0) is 49.1 Å². The van der Waals surface area contributed by atoms with Crippen LogP contribution in [0, 0.1) is 0 Å². The highest BCUT2D eigenvalue weighted by atomic mass is 16.5. The molecule has 1 saturated heterocycles. The number of aliphatic hydroxyl groups excluding tert-OH is 1. The van der Waals surface area contributed by atoms with Crippen LogP contribution in [0.25, 0.3) is 0 Å². The van der Waals surface area contributed by atoms with Crippen molar-refractivity contribution in [3.05, 3.63) is 60.2 Å². The number of methoxy groups -OCH3 is 1. The number of hydrogen-bond acceptors (Lipinski definition) is 5. The summed E-state index contributed by atoms with van der Waals surface area (Å²) in [6.45, 7) is 3.07. The van der Waals surface area contributed by atoms with E-state index in [0.29, 0.717) is 13.0 Å². The van der Waals surface area contributed by atoms with E-state index in [4.69, 9.17) is 4.74 Å². The normalized spacial score (nSPS) is 18.0. The van der Waals surface area contributed by atoms with Gasteiger partial charge in [0.25, 0.3) is 0 Å². The monoisotopic (exact) mass is 370 g/mol. The van der Waals surface area contributed by atoms with E-state index >= 15 is 0 Å². The second kappa shape index (κ2) is 9.22. The fourth-order valence-corrected chi connectivity index (χ4v) is 3.56. The average molecular weight is 370 g/mol. The van der Waals surface area contributed by atoms with Crippen molar-refractivity contribution >= 4 is 5.69 Å². The van der Waals surface area contributed by atoms with E-state index < -0.39 is 11.7 Å². The molecule has 1 unspecified atom stereocenters. The fraction of sp³-hybridized carbons (Fsp3) is 0.455. The lowest BCUT2D eigenvalue weighted by atomic mass is 9.84. The maximum absolute atomic E-state index is 10.9. The Labute approximate surface area is 161 Å². The molecule has 3 rings (SSSR count). The Morgan fingerprint density at radius 2 is 1.74 bits per heavy atom. The van der Waals surface area contributed by atoms with E-state index in [0.717, 1.165) is 49.5 Å². The molecule has 0 radical (unpaired) electrons. The first-order valence-electron chi connectivity index (χ1n) is 9.65. The highest BCUT2D eigenvalue weighted by Gasteiger charge is 2.33. The molecule has 0 aliphatic carbocycles. The standard InChI is InChI=1S/C22H30N2O3/c1-27-21-9-7-19(8-10-21)23-17-20(25)11-14-24-15-12-22(26,13-16-24)18-5-3-2-4-6-18/h2-10,20,23,25-26H,11-17H2,1H3. The molecule has 1 aliphatic rings. The van der Waals surface area contributed by atoms with Crippen molar-refractivity contribution in [2.24, 2.45) is 0 Å². The van der Waals surface area contributed by atoms with E-state index in [9.17, 15) is 10.2 Å². The number of nitrogens with one attached hydrogen (secondary N) is 1. The number of aliphatic hydroxyl groups is 2. The van der Waals surface area contributed by atoms with Gasteiger partial charge < -0.3 is 25.2 Å². The Bertz CT molecular complexity index is 682. The van der Waals surface area contributed by atoms with Crippen LogP contribution in [0.4, 0.5) is 5.69 Å². The summed E-state index contributed by atoms with van der Waals surface area (Å²) < 4.78 is 5.14. The van der Waals surface area contributed by atoms with Crippen LogP contribution in [0.1, 0.15) is 24.8 Å². The summed E-state index contributed by atoms with van der Waals surface area (Å²) in [5.74, 6) is 0.821. The zero-order valence-electron chi connectivity index (χ0n) is 16.0. The molecule has 0 saturated carbocycles. The minimum absolute atomic E-state index is 0.401. The molecule has 1 heterocycles. The van der Waals surface area contributed by atoms with E-state index in [2.05, 4.69) is 10.2 Å². The topological polar surface area (TPSA) is 65.0 Å². The van der Waals surface area contributed by atoms with E-state index in [-0.39, 0.29) is 0 Å². The number of hydrogen-bond donors (Lipinski definition) is 3. The number of rotatable bonds is 8. The van der Waals surface area contributed by atoms with Crippen molar-refractivity contribution < 1.29 is 14.9 Å². The van der Waals surface area contributed by atoms with E-state index in [1.165, 1.54) is 0 Å². The van der Waals surface area contributed by atoms with Crippen LogP contribution in [0.3, 0.4) is 0 Å². The summed E-state index contributed by atoms with van der Waals surface area (Å²) in [6, 6.07) is 17.6. The number of nitrogens with zero attached hydrogens (tertiary/aromatic N) is 1. The summed E-state index contributed by atoms with van der Waals surface area (Å²) in [6.07, 6.45) is 1.78. The van der Waals surface area contributed by atoms with Crippen LogP contribution in [0.15, 0.2) is 54.6 Å². The Kier molecular flexibility index (Phi) is 6.72. The van der Waals surface area contributed by atoms with Crippen molar-refractivity contribution in [1.82, 2.24) is 4.90 Å². The maximum atomic E-state index is 10.9. The smallest absolute Gasteiger partial charge is 0.119 e. The first-order chi connectivity index (χ1) is 13.1. The first-order valence-corrected chi connectivity index (χ1v) is 9.65. The maximum Gasteiger partial charge on any atom is 0.119 e. The first kappa shape index (κ1) is 19.7. The lowest BCUT2D eigenvalue weighted by Gasteiger charge is -2.38. The number of likely N-dealkylation sites (tertiary alicyclic amines) is 1. The molecule has 0 spiro atoms. The molecule has 1 fully saturated rings. The van der Waals surface area contributed by atoms with Gasteiger partial charge >= 0.3 is 0 Å². The molecular weight excluding hydrogens is 340 g/mol. The van der Waals surface area contributed by atoms with Gasteiger partial charge in [-0.1, -0.05) is 30.3 Å². The lowest BCUT2D eigenvalue weighted by molar-refractivity contribution is -0.0278. The molecule has 0 bridgehead atoms. The van der Waals surface area contributed by atoms with Crippen molar-refractivity contribution in [3.63, 3.8) is 0 Å². The minimum atomic E-state index is -0.716. The van der Waals surface area contributed by atoms with Gasteiger partial charge in [0, 0.05) is 31.9 Å². The predicted molar refractivity (Wildman–Crippen MR) is 108 cm³/mol. The summed E-state index contributed by atoms with van der Waals surface area (Å²) in [5.41, 5.74) is 1.26. The molecular formula is C22H30N2O3. The van der Waals surface area contributed by atoms with Gasteiger partial charge in [-0.25, -0.2) is 0 Å². The second-order valence-corrected chi connectivity index (χ2v) is 7.29. The average Bonchev–Trinajstić information content (AvgIpc) is 2.73. The van der Waals surface area contributed by atoms with Crippen molar-refractivity contribution in [1.29, 1.82) is 0 Å². The third-order valence-electron chi connectivity index (χ3n) is 5.40. The summed E-state index contributed by atoms with van der Waals surface area (Å²) >= 11 is 0. The molecule has 146 valence electrons. The number of ether oxygens (including phenoxy) is 1. The highest BCUT2D eigenvalue weighted by Crippen LogP contribution is 2.32. The Balaban J connectivity index is 1.38. The van der Waals surface area contributed by atoms with Gasteiger partial charge in [0.2, 0.25) is 0 Å². The third kappa shape index (κ3) is 5.45. The van der Waals surface area contributed by atoms with Gasteiger partial charge in [0.1, 0.15) is 5.75 Å². The molecule has 27 heavy (non-hydrogen) atoms. The lowest BCUT2D eigenvalue weighted by Crippen LogP contribution is -2.43. The number of anilines is 1. The van der Waals surface area contributed by atoms with Crippen molar-refractivity contribution in [3.8, 4) is 5.75 Å². The third-order valence-corrected chi connectivity index (χ3v) is 5.40. The molecule has 0 aromatic heterocycles. The Morgan fingerprint density at radius 3 is 2.37 bits per heavy atom. The van der Waals surface area contributed by atoms with Gasteiger partial charge in [0.05, 0.1) is 18.8 Å². The van der Waals surface area contributed by atoms with Crippen LogP contribution in [-0.2, 0) is 5.60 Å². The second-order valence-electron chi connectivity index (χ2n) is 7.29. The van der Waals surface area contributed by atoms with Gasteiger partial charge in [-0.2, -0.15) is 0 Å². The minimum Gasteiger partial charge on any atom is -0.497 e. The summed E-state index contributed by atoms with van der Waals surface area (Å²) in [4.78, 5) is 2.33. The zero-order valence-corrected chi connectivity index (χ0v) is 16.0. The number of benzene rings is 2. The Hall–Kier alpha value is -2.08. The summed E-state index contributed by atoms with van der Waals surface area (Å²) in [5, 5.41) is 24.4. The molecule has 1 atom stereocenters. The zero-order chi connectivity index (χ0) is 19.1. The van der Waals surface area contributed by atoms with Gasteiger partial charge in [0.15, 0.2) is 0 Å². The fourth-order valence-electron chi connectivity index (χ4n) is 3.56. The molecule has 1 aliphatic heterocycles. The number of piperidine rings is 1. The molecule has 2 aromatic rings. The van der Waals surface area contributed by atoms with E-state index in [1.807, 2.05) is 54.6 Å². The Morgan fingerprint density at radius 1 is 1.07 bits per heavy atom. The van der Waals surface area contributed by atoms with E-state index in [1.54, 1.807) is 7.11 Å². The molecule has 3 N–H and O–H groups in total. The quantitative estimate of drug-likeness (QED) is 0.667. The molecule has 2 aromatic carbocycles. The van der Waals surface area contributed by atoms with Gasteiger partial charge in [-0.3, -0.25) is 0 Å². The van der Waals surface area contributed by atoms with Crippen molar-refractivity contribution in [2.75, 3.05) is 38.6 Å². The highest BCUT2D eigenvalue weighted by molar-refractivity contribution is 5.46. The van der Waals surface area contributed by atoms with Crippen LogP contribution < -0.4 is 10.1 Å². The molecule has 5 nitrogen and oxygen atoms in total. The van der Waals surface area contributed by atoms with Crippen LogP contribution >= 0.6 is 0 Å². The molecule has 5 heteroatoms. The van der Waals surface area contributed by atoms with Crippen molar-refractivity contribution in [2.45, 2.75) is 31.0 Å².